The number of hydrogen-bond acceptors (Lipinski definition) is 4. The minimum absolute atomic E-state index is 0.0615. The molecular weight excluding hydrogens is 274 g/mol. The van der Waals surface area contributed by atoms with Gasteiger partial charge in [0.05, 0.1) is 22.8 Å². The molecule has 1 N–H and O–H groups in total. The molecule has 1 aromatic rings. The van der Waals surface area contributed by atoms with Gasteiger partial charge in [0.2, 0.25) is 0 Å². The van der Waals surface area contributed by atoms with E-state index in [1.54, 1.807) is 25.0 Å². The van der Waals surface area contributed by atoms with Crippen molar-refractivity contribution < 1.29 is 9.53 Å². The van der Waals surface area contributed by atoms with Crippen LogP contribution in [0, 0.1) is 0 Å². The predicted molar refractivity (Wildman–Crippen MR) is 62.4 cm³/mol. The molecule has 2 rings (SSSR count). The van der Waals surface area contributed by atoms with Crippen molar-refractivity contribution in [2.75, 3.05) is 13.7 Å². The second-order valence-electron chi connectivity index (χ2n) is 3.88. The Labute approximate surface area is 102 Å². The molecule has 1 aliphatic heterocycles. The van der Waals surface area contributed by atoms with Crippen LogP contribution in [0.1, 0.15) is 16.9 Å². The van der Waals surface area contributed by atoms with E-state index in [1.807, 2.05) is 0 Å². The molecule has 2 atom stereocenters. The third kappa shape index (κ3) is 2.05. The molecule has 16 heavy (non-hydrogen) atoms. The lowest BCUT2D eigenvalue weighted by Gasteiger charge is -2.09. The summed E-state index contributed by atoms with van der Waals surface area (Å²) >= 11 is 3.33. The number of carbonyl (C=O) groups is 1. The minimum atomic E-state index is -0.170. The number of ether oxygens (including phenoxy) is 1. The van der Waals surface area contributed by atoms with Gasteiger partial charge in [-0.2, -0.15) is 5.10 Å². The highest BCUT2D eigenvalue weighted by atomic mass is 79.9. The Kier molecular flexibility index (Phi) is 3.41. The standard InChI is InChI=1S/C10H14BrN3O2/c1-14-9(7(11)5-13-14)10(15)8-3-6(16-2)4-12-8/h5-6,8,12H,3-4H2,1-2H3. The Hall–Kier alpha value is -0.720. The number of carbonyl (C=O) groups excluding carboxylic acids is 1. The molecule has 1 fully saturated rings. The van der Waals surface area contributed by atoms with Crippen LogP contribution in [-0.2, 0) is 11.8 Å². The highest BCUT2D eigenvalue weighted by molar-refractivity contribution is 9.10. The number of rotatable bonds is 3. The molecule has 1 saturated heterocycles. The van der Waals surface area contributed by atoms with E-state index >= 15 is 0 Å². The summed E-state index contributed by atoms with van der Waals surface area (Å²) in [4.78, 5) is 12.2. The number of nitrogens with zero attached hydrogens (tertiary/aromatic N) is 2. The maximum atomic E-state index is 12.2. The lowest BCUT2D eigenvalue weighted by molar-refractivity contribution is 0.0909. The quantitative estimate of drug-likeness (QED) is 0.834. The molecule has 2 unspecified atom stereocenters. The van der Waals surface area contributed by atoms with Crippen LogP contribution in [0.3, 0.4) is 0 Å². The first-order chi connectivity index (χ1) is 7.63. The molecule has 5 nitrogen and oxygen atoms in total. The molecule has 2 heterocycles. The zero-order valence-corrected chi connectivity index (χ0v) is 10.8. The number of aromatic nitrogens is 2. The van der Waals surface area contributed by atoms with Gasteiger partial charge in [0.15, 0.2) is 5.78 Å². The van der Waals surface area contributed by atoms with Crippen molar-refractivity contribution in [1.82, 2.24) is 15.1 Å². The van der Waals surface area contributed by atoms with Crippen molar-refractivity contribution in [3.05, 3.63) is 16.4 Å². The number of Topliss-reactive ketones (excluding diaryl/α,β-unsaturated/α-hetero) is 1. The van der Waals surface area contributed by atoms with E-state index < -0.39 is 0 Å². The van der Waals surface area contributed by atoms with E-state index in [-0.39, 0.29) is 17.9 Å². The Balaban J connectivity index is 2.15. The van der Waals surface area contributed by atoms with Crippen LogP contribution < -0.4 is 5.32 Å². The van der Waals surface area contributed by atoms with Crippen LogP contribution >= 0.6 is 15.9 Å². The van der Waals surface area contributed by atoms with Crippen molar-refractivity contribution in [3.8, 4) is 0 Å². The number of hydrogen-bond donors (Lipinski definition) is 1. The van der Waals surface area contributed by atoms with Crippen LogP contribution in [-0.4, -0.2) is 41.4 Å². The number of nitrogens with one attached hydrogen (secondary N) is 1. The van der Waals surface area contributed by atoms with E-state index in [1.165, 1.54) is 0 Å². The van der Waals surface area contributed by atoms with Crippen LogP contribution in [0.25, 0.3) is 0 Å². The summed E-state index contributed by atoms with van der Waals surface area (Å²) in [5, 5.41) is 7.20. The van der Waals surface area contributed by atoms with Crippen molar-refractivity contribution in [2.45, 2.75) is 18.6 Å². The summed E-state index contributed by atoms with van der Waals surface area (Å²) in [6.07, 6.45) is 2.48. The van der Waals surface area contributed by atoms with Gasteiger partial charge in [-0.3, -0.25) is 9.48 Å². The van der Waals surface area contributed by atoms with E-state index in [0.717, 1.165) is 11.0 Å². The van der Waals surface area contributed by atoms with Gasteiger partial charge >= 0.3 is 0 Å². The molecule has 0 aliphatic carbocycles. The summed E-state index contributed by atoms with van der Waals surface area (Å²) in [6.45, 7) is 0.725. The smallest absolute Gasteiger partial charge is 0.198 e. The van der Waals surface area contributed by atoms with Gasteiger partial charge in [-0.25, -0.2) is 0 Å². The lowest BCUT2D eigenvalue weighted by Crippen LogP contribution is -2.32. The number of ketones is 1. The Bertz CT molecular complexity index is 385. The topological polar surface area (TPSA) is 56.1 Å². The first kappa shape index (κ1) is 11.8. The van der Waals surface area contributed by atoms with Gasteiger partial charge < -0.3 is 10.1 Å². The predicted octanol–water partition coefficient (Wildman–Crippen LogP) is 0.742. The van der Waals surface area contributed by atoms with Gasteiger partial charge in [0.1, 0.15) is 5.69 Å². The Morgan fingerprint density at radius 2 is 2.50 bits per heavy atom. The van der Waals surface area contributed by atoms with Crippen molar-refractivity contribution in [1.29, 1.82) is 0 Å². The first-order valence-electron chi connectivity index (χ1n) is 5.11. The summed E-state index contributed by atoms with van der Waals surface area (Å²) in [7, 11) is 3.43. The van der Waals surface area contributed by atoms with Crippen LogP contribution in [0.4, 0.5) is 0 Å². The molecule has 0 spiro atoms. The summed E-state index contributed by atoms with van der Waals surface area (Å²) in [5.41, 5.74) is 0.606. The van der Waals surface area contributed by atoms with Crippen LogP contribution in [0.2, 0.25) is 0 Å². The zero-order chi connectivity index (χ0) is 11.7. The molecule has 0 aromatic carbocycles. The van der Waals surface area contributed by atoms with Gasteiger partial charge in [-0.15, -0.1) is 0 Å². The molecule has 0 amide bonds. The first-order valence-corrected chi connectivity index (χ1v) is 5.90. The fourth-order valence-electron chi connectivity index (χ4n) is 1.94. The summed E-state index contributed by atoms with van der Waals surface area (Å²) in [5.74, 6) is 0.0615. The van der Waals surface area contributed by atoms with Gasteiger partial charge in [-0.05, 0) is 22.4 Å². The molecule has 6 heteroatoms. The van der Waals surface area contributed by atoms with Crippen molar-refractivity contribution >= 4 is 21.7 Å². The second-order valence-corrected chi connectivity index (χ2v) is 4.74. The fourth-order valence-corrected chi connectivity index (χ4v) is 2.48. The average molecular weight is 288 g/mol. The van der Waals surface area contributed by atoms with Gasteiger partial charge in [0, 0.05) is 20.7 Å². The van der Waals surface area contributed by atoms with Gasteiger partial charge in [0.25, 0.3) is 0 Å². The highest BCUT2D eigenvalue weighted by Crippen LogP contribution is 2.20. The minimum Gasteiger partial charge on any atom is -0.380 e. The number of aryl methyl sites for hydroxylation is 1. The Morgan fingerprint density at radius 1 is 1.75 bits per heavy atom. The number of methoxy groups -OCH3 is 1. The van der Waals surface area contributed by atoms with Crippen LogP contribution in [0.5, 0.6) is 0 Å². The van der Waals surface area contributed by atoms with E-state index in [4.69, 9.17) is 4.74 Å². The SMILES string of the molecule is COC1CNC(C(=O)c2c(Br)cnn2C)C1. The van der Waals surface area contributed by atoms with Crippen molar-refractivity contribution in [3.63, 3.8) is 0 Å². The third-order valence-corrected chi connectivity index (χ3v) is 3.45. The Morgan fingerprint density at radius 3 is 3.00 bits per heavy atom. The summed E-state index contributed by atoms with van der Waals surface area (Å²) < 4.78 is 7.55. The molecule has 0 saturated carbocycles. The normalized spacial score (nSPS) is 24.9. The second kappa shape index (κ2) is 4.65. The largest absolute Gasteiger partial charge is 0.380 e. The zero-order valence-electron chi connectivity index (χ0n) is 9.24. The average Bonchev–Trinajstić information content (AvgIpc) is 2.85. The molecule has 88 valence electrons. The molecule has 0 radical (unpaired) electrons. The van der Waals surface area contributed by atoms with Crippen LogP contribution in [0.15, 0.2) is 10.7 Å². The third-order valence-electron chi connectivity index (χ3n) is 2.87. The molecule has 0 bridgehead atoms. The highest BCUT2D eigenvalue weighted by Gasteiger charge is 2.32. The maximum absolute atomic E-state index is 12.2. The molecular formula is C10H14BrN3O2. The van der Waals surface area contributed by atoms with E-state index in [0.29, 0.717) is 12.1 Å². The van der Waals surface area contributed by atoms with E-state index in [9.17, 15) is 4.79 Å². The van der Waals surface area contributed by atoms with E-state index in [2.05, 4.69) is 26.3 Å². The number of halogens is 1. The fraction of sp³-hybridized carbons (Fsp3) is 0.600. The lowest BCUT2D eigenvalue weighted by atomic mass is 10.1. The molecule has 1 aromatic heterocycles. The van der Waals surface area contributed by atoms with Gasteiger partial charge in [-0.1, -0.05) is 0 Å². The monoisotopic (exact) mass is 287 g/mol. The van der Waals surface area contributed by atoms with Crippen molar-refractivity contribution in [2.24, 2.45) is 7.05 Å². The molecule has 1 aliphatic rings. The maximum Gasteiger partial charge on any atom is 0.198 e. The summed E-state index contributed by atoms with van der Waals surface area (Å²) in [6, 6.07) is -0.170.